The van der Waals surface area contributed by atoms with E-state index in [-0.39, 0.29) is 0 Å². The van der Waals surface area contributed by atoms with Crippen LogP contribution in [0.2, 0.25) is 0 Å². The molecule has 0 spiro atoms. The Labute approximate surface area is 102 Å². The van der Waals surface area contributed by atoms with Crippen LogP contribution in [0.3, 0.4) is 0 Å². The Morgan fingerprint density at radius 3 is 3.13 bits per heavy atom. The molecule has 1 aromatic rings. The van der Waals surface area contributed by atoms with Crippen LogP contribution in [0, 0.1) is 11.3 Å². The van der Waals surface area contributed by atoms with E-state index in [1.807, 2.05) is 6.07 Å². The first-order chi connectivity index (χ1) is 7.20. The minimum absolute atomic E-state index is 0.344. The Hall–Kier alpha value is -0.660. The van der Waals surface area contributed by atoms with Crippen molar-refractivity contribution in [3.05, 3.63) is 22.7 Å². The van der Waals surface area contributed by atoms with Gasteiger partial charge in [-0.1, -0.05) is 15.9 Å². The van der Waals surface area contributed by atoms with E-state index >= 15 is 0 Å². The Morgan fingerprint density at radius 1 is 1.60 bits per heavy atom. The van der Waals surface area contributed by atoms with Crippen molar-refractivity contribution in [3.8, 4) is 6.07 Å². The highest BCUT2D eigenvalue weighted by molar-refractivity contribution is 9.10. The Bertz CT molecular complexity index is 414. The van der Waals surface area contributed by atoms with Crippen molar-refractivity contribution in [2.75, 3.05) is 5.32 Å². The standard InChI is InChI=1S/C11H11BrN2S/c1-7-10(4-5-13)15-11-6-8(12)2-3-9(11)14-7/h2-3,6-7,10,14H,4H2,1H3. The average molecular weight is 283 g/mol. The molecular weight excluding hydrogens is 272 g/mol. The van der Waals surface area contributed by atoms with E-state index < -0.39 is 0 Å². The molecule has 0 saturated carbocycles. The highest BCUT2D eigenvalue weighted by Gasteiger charge is 2.25. The first kappa shape index (κ1) is 10.8. The summed E-state index contributed by atoms with van der Waals surface area (Å²) in [7, 11) is 0. The first-order valence-electron chi connectivity index (χ1n) is 4.80. The molecule has 1 heterocycles. The first-order valence-corrected chi connectivity index (χ1v) is 6.47. The number of nitriles is 1. The molecule has 2 nitrogen and oxygen atoms in total. The molecule has 1 N–H and O–H groups in total. The zero-order valence-electron chi connectivity index (χ0n) is 8.33. The predicted molar refractivity (Wildman–Crippen MR) is 67.1 cm³/mol. The maximum atomic E-state index is 8.74. The maximum Gasteiger partial charge on any atom is 0.0634 e. The van der Waals surface area contributed by atoms with Crippen LogP contribution in [0.5, 0.6) is 0 Å². The molecule has 0 saturated heterocycles. The van der Waals surface area contributed by atoms with E-state index in [4.69, 9.17) is 5.26 Å². The van der Waals surface area contributed by atoms with E-state index in [0.717, 1.165) is 4.47 Å². The van der Waals surface area contributed by atoms with Crippen LogP contribution in [0.4, 0.5) is 5.69 Å². The zero-order chi connectivity index (χ0) is 10.8. The van der Waals surface area contributed by atoms with Gasteiger partial charge in [0.15, 0.2) is 0 Å². The number of halogens is 1. The van der Waals surface area contributed by atoms with Crippen molar-refractivity contribution in [1.82, 2.24) is 0 Å². The van der Waals surface area contributed by atoms with Gasteiger partial charge in [-0.25, -0.2) is 0 Å². The second-order valence-corrected chi connectivity index (χ2v) is 5.79. The third-order valence-electron chi connectivity index (χ3n) is 2.46. The predicted octanol–water partition coefficient (Wildman–Crippen LogP) is 3.64. The molecule has 4 heteroatoms. The summed E-state index contributed by atoms with van der Waals surface area (Å²) in [6.45, 7) is 2.12. The molecule has 0 fully saturated rings. The molecule has 1 aromatic carbocycles. The fourth-order valence-corrected chi connectivity index (χ4v) is 3.34. The van der Waals surface area contributed by atoms with Gasteiger partial charge in [0.1, 0.15) is 0 Å². The van der Waals surface area contributed by atoms with Gasteiger partial charge < -0.3 is 5.32 Å². The number of fused-ring (bicyclic) bond motifs is 1. The largest absolute Gasteiger partial charge is 0.381 e. The third kappa shape index (κ3) is 2.30. The highest BCUT2D eigenvalue weighted by Crippen LogP contribution is 2.40. The molecule has 15 heavy (non-hydrogen) atoms. The molecule has 2 unspecified atom stereocenters. The summed E-state index contributed by atoms with van der Waals surface area (Å²) >= 11 is 5.25. The summed E-state index contributed by atoms with van der Waals surface area (Å²) in [6.07, 6.45) is 0.588. The van der Waals surface area contributed by atoms with Gasteiger partial charge in [0.05, 0.1) is 6.07 Å². The normalized spacial score (nSPS) is 23.8. The summed E-state index contributed by atoms with van der Waals surface area (Å²) in [5, 5.41) is 12.5. The molecule has 78 valence electrons. The summed E-state index contributed by atoms with van der Waals surface area (Å²) in [4.78, 5) is 1.22. The van der Waals surface area contributed by atoms with Gasteiger partial charge >= 0.3 is 0 Å². The van der Waals surface area contributed by atoms with Gasteiger partial charge in [-0.05, 0) is 25.1 Å². The fraction of sp³-hybridized carbons (Fsp3) is 0.364. The van der Waals surface area contributed by atoms with Crippen molar-refractivity contribution in [2.24, 2.45) is 0 Å². The van der Waals surface area contributed by atoms with Crippen molar-refractivity contribution in [2.45, 2.75) is 29.5 Å². The molecule has 2 atom stereocenters. The lowest BCUT2D eigenvalue weighted by Crippen LogP contribution is -2.31. The number of nitrogens with one attached hydrogen (secondary N) is 1. The van der Waals surface area contributed by atoms with Crippen molar-refractivity contribution < 1.29 is 0 Å². The second-order valence-electron chi connectivity index (χ2n) is 3.59. The topological polar surface area (TPSA) is 35.8 Å². The van der Waals surface area contributed by atoms with E-state index in [2.05, 4.69) is 46.4 Å². The molecule has 0 amide bonds. The van der Waals surface area contributed by atoms with Crippen LogP contribution < -0.4 is 5.32 Å². The SMILES string of the molecule is CC1Nc2ccc(Br)cc2SC1CC#N. The molecule has 1 aliphatic rings. The Kier molecular flexibility index (Phi) is 3.22. The molecule has 1 aliphatic heterocycles. The van der Waals surface area contributed by atoms with Gasteiger partial charge in [0, 0.05) is 32.8 Å². The fourth-order valence-electron chi connectivity index (χ4n) is 1.62. The molecule has 0 radical (unpaired) electrons. The summed E-state index contributed by atoms with van der Waals surface area (Å²) < 4.78 is 1.08. The zero-order valence-corrected chi connectivity index (χ0v) is 10.7. The van der Waals surface area contributed by atoms with Gasteiger partial charge in [0.25, 0.3) is 0 Å². The number of rotatable bonds is 1. The lowest BCUT2D eigenvalue weighted by molar-refractivity contribution is 0.729. The average Bonchev–Trinajstić information content (AvgIpc) is 2.20. The van der Waals surface area contributed by atoms with Crippen molar-refractivity contribution >= 4 is 33.4 Å². The summed E-state index contributed by atoms with van der Waals surface area (Å²) in [6, 6.07) is 8.80. The molecule has 0 bridgehead atoms. The minimum Gasteiger partial charge on any atom is -0.381 e. The third-order valence-corrected chi connectivity index (χ3v) is 4.42. The number of hydrogen-bond acceptors (Lipinski definition) is 3. The van der Waals surface area contributed by atoms with Crippen molar-refractivity contribution in [3.63, 3.8) is 0 Å². The number of benzene rings is 1. The minimum atomic E-state index is 0.344. The smallest absolute Gasteiger partial charge is 0.0634 e. The lowest BCUT2D eigenvalue weighted by Gasteiger charge is -2.30. The van der Waals surface area contributed by atoms with E-state index in [9.17, 15) is 0 Å². The second kappa shape index (κ2) is 4.46. The van der Waals surface area contributed by atoms with E-state index in [1.165, 1.54) is 10.6 Å². The van der Waals surface area contributed by atoms with Gasteiger partial charge in [-0.15, -0.1) is 11.8 Å². The van der Waals surface area contributed by atoms with Crippen LogP contribution in [-0.4, -0.2) is 11.3 Å². The van der Waals surface area contributed by atoms with Gasteiger partial charge in [0.2, 0.25) is 0 Å². The molecule has 0 aromatic heterocycles. The molecule has 2 rings (SSSR count). The number of thioether (sulfide) groups is 1. The van der Waals surface area contributed by atoms with Crippen LogP contribution in [0.1, 0.15) is 13.3 Å². The van der Waals surface area contributed by atoms with Crippen LogP contribution in [0.15, 0.2) is 27.6 Å². The summed E-state index contributed by atoms with van der Waals surface area (Å²) in [5.74, 6) is 0. The maximum absolute atomic E-state index is 8.74. The van der Waals surface area contributed by atoms with E-state index in [0.29, 0.717) is 17.7 Å². The number of anilines is 1. The van der Waals surface area contributed by atoms with Gasteiger partial charge in [-0.2, -0.15) is 5.26 Å². The Balaban J connectivity index is 2.27. The summed E-state index contributed by atoms with van der Waals surface area (Å²) in [5.41, 5.74) is 1.17. The van der Waals surface area contributed by atoms with Gasteiger partial charge in [-0.3, -0.25) is 0 Å². The Morgan fingerprint density at radius 2 is 2.40 bits per heavy atom. The molecule has 0 aliphatic carbocycles. The number of nitrogens with zero attached hydrogens (tertiary/aromatic N) is 1. The van der Waals surface area contributed by atoms with Crippen molar-refractivity contribution in [1.29, 1.82) is 5.26 Å². The van der Waals surface area contributed by atoms with Crippen LogP contribution in [-0.2, 0) is 0 Å². The highest BCUT2D eigenvalue weighted by atomic mass is 79.9. The van der Waals surface area contributed by atoms with Crippen LogP contribution >= 0.6 is 27.7 Å². The van der Waals surface area contributed by atoms with E-state index in [1.54, 1.807) is 11.8 Å². The van der Waals surface area contributed by atoms with Crippen LogP contribution in [0.25, 0.3) is 0 Å². The molecular formula is C11H11BrN2S. The lowest BCUT2D eigenvalue weighted by atomic mass is 10.1. The monoisotopic (exact) mass is 282 g/mol. The number of hydrogen-bond donors (Lipinski definition) is 1. The quantitative estimate of drug-likeness (QED) is 0.854.